The van der Waals surface area contributed by atoms with E-state index in [0.29, 0.717) is 12.1 Å². The van der Waals surface area contributed by atoms with Gasteiger partial charge in [0.15, 0.2) is 0 Å². The van der Waals surface area contributed by atoms with Crippen LogP contribution in [0.25, 0.3) is 0 Å². The van der Waals surface area contributed by atoms with Crippen LogP contribution >= 0.6 is 11.5 Å². The van der Waals surface area contributed by atoms with Crippen LogP contribution in [0, 0.1) is 12.8 Å². The van der Waals surface area contributed by atoms with Crippen molar-refractivity contribution in [3.8, 4) is 0 Å². The quantitative estimate of drug-likeness (QED) is 0.779. The Kier molecular flexibility index (Phi) is 4.03. The maximum Gasteiger partial charge on any atom is 0.254 e. The van der Waals surface area contributed by atoms with Crippen LogP contribution in [-0.4, -0.2) is 28.5 Å². The summed E-state index contributed by atoms with van der Waals surface area (Å²) in [5.74, 6) is -0.0256. The van der Waals surface area contributed by atoms with E-state index < -0.39 is 0 Å². The fraction of sp³-hybridized carbons (Fsp3) is 0.556. The molecule has 0 aliphatic rings. The van der Waals surface area contributed by atoms with Gasteiger partial charge < -0.3 is 10.4 Å². The molecule has 0 aliphatic heterocycles. The summed E-state index contributed by atoms with van der Waals surface area (Å²) in [4.78, 5) is 11.5. The third-order valence-corrected chi connectivity index (χ3v) is 2.64. The molecule has 0 aromatic carbocycles. The molecule has 1 aromatic rings. The lowest BCUT2D eigenvalue weighted by Crippen LogP contribution is -2.29. The fourth-order valence-corrected chi connectivity index (χ4v) is 1.63. The molecule has 0 saturated heterocycles. The van der Waals surface area contributed by atoms with Crippen LogP contribution in [0.5, 0.6) is 0 Å². The van der Waals surface area contributed by atoms with Crippen LogP contribution in [0.15, 0.2) is 5.38 Å². The summed E-state index contributed by atoms with van der Waals surface area (Å²) in [6.07, 6.45) is 0. The van der Waals surface area contributed by atoms with E-state index in [4.69, 9.17) is 5.11 Å². The van der Waals surface area contributed by atoms with Gasteiger partial charge in [-0.25, -0.2) is 0 Å². The Labute approximate surface area is 87.1 Å². The first-order chi connectivity index (χ1) is 6.65. The maximum absolute atomic E-state index is 11.5. The van der Waals surface area contributed by atoms with E-state index in [-0.39, 0.29) is 18.4 Å². The highest BCUT2D eigenvalue weighted by Crippen LogP contribution is 2.08. The average molecular weight is 214 g/mol. The number of nitrogens with zero attached hydrogens (tertiary/aromatic N) is 1. The number of hydrogen-bond acceptors (Lipinski definition) is 4. The van der Waals surface area contributed by atoms with Gasteiger partial charge in [0, 0.05) is 18.5 Å². The van der Waals surface area contributed by atoms with E-state index >= 15 is 0 Å². The average Bonchev–Trinajstić information content (AvgIpc) is 2.60. The standard InChI is InChI=1S/C9H14N2O2S/c1-6(4-12)3-10-9(13)8-5-14-11-7(8)2/h5-6,12H,3-4H2,1-2H3,(H,10,13). The van der Waals surface area contributed by atoms with Crippen LogP contribution in [0.2, 0.25) is 0 Å². The topological polar surface area (TPSA) is 62.2 Å². The molecule has 1 rings (SSSR count). The second kappa shape index (κ2) is 5.07. The van der Waals surface area contributed by atoms with Gasteiger partial charge in [-0.15, -0.1) is 0 Å². The minimum Gasteiger partial charge on any atom is -0.396 e. The number of aliphatic hydroxyl groups is 1. The number of hydrogen-bond donors (Lipinski definition) is 2. The lowest BCUT2D eigenvalue weighted by molar-refractivity contribution is 0.0942. The van der Waals surface area contributed by atoms with Crippen molar-refractivity contribution in [2.75, 3.05) is 13.2 Å². The normalized spacial score (nSPS) is 12.5. The summed E-state index contributed by atoms with van der Waals surface area (Å²) in [6.45, 7) is 4.26. The Morgan fingerprint density at radius 3 is 3.00 bits per heavy atom. The van der Waals surface area contributed by atoms with Crippen LogP contribution in [0.1, 0.15) is 23.0 Å². The highest BCUT2D eigenvalue weighted by atomic mass is 32.1. The summed E-state index contributed by atoms with van der Waals surface area (Å²) < 4.78 is 4.02. The van der Waals surface area contributed by atoms with Crippen molar-refractivity contribution in [1.82, 2.24) is 9.69 Å². The van der Waals surface area contributed by atoms with Gasteiger partial charge in [-0.1, -0.05) is 6.92 Å². The van der Waals surface area contributed by atoms with Crippen molar-refractivity contribution >= 4 is 17.4 Å². The number of aromatic nitrogens is 1. The predicted molar refractivity (Wildman–Crippen MR) is 55.4 cm³/mol. The zero-order chi connectivity index (χ0) is 10.6. The molecule has 0 fully saturated rings. The highest BCUT2D eigenvalue weighted by Gasteiger charge is 2.11. The Bertz CT molecular complexity index is 312. The molecule has 5 heteroatoms. The molecule has 1 atom stereocenters. The number of aryl methyl sites for hydroxylation is 1. The van der Waals surface area contributed by atoms with Crippen molar-refractivity contribution in [1.29, 1.82) is 0 Å². The SMILES string of the molecule is Cc1nscc1C(=O)NCC(C)CO. The first kappa shape index (κ1) is 11.1. The van der Waals surface area contributed by atoms with Gasteiger partial charge in [-0.3, -0.25) is 4.79 Å². The largest absolute Gasteiger partial charge is 0.396 e. The molecule has 14 heavy (non-hydrogen) atoms. The van der Waals surface area contributed by atoms with Gasteiger partial charge in [0.25, 0.3) is 5.91 Å². The lowest BCUT2D eigenvalue weighted by atomic mass is 10.2. The molecule has 0 aliphatic carbocycles. The van der Waals surface area contributed by atoms with Crippen molar-refractivity contribution < 1.29 is 9.90 Å². The third kappa shape index (κ3) is 2.78. The zero-order valence-electron chi connectivity index (χ0n) is 8.28. The van der Waals surface area contributed by atoms with Crippen LogP contribution in [0.4, 0.5) is 0 Å². The Hall–Kier alpha value is -0.940. The monoisotopic (exact) mass is 214 g/mol. The Morgan fingerprint density at radius 1 is 1.79 bits per heavy atom. The second-order valence-electron chi connectivity index (χ2n) is 3.31. The molecule has 1 unspecified atom stereocenters. The second-order valence-corrected chi connectivity index (χ2v) is 3.94. The molecule has 2 N–H and O–H groups in total. The highest BCUT2D eigenvalue weighted by molar-refractivity contribution is 7.03. The number of amides is 1. The number of carbonyl (C=O) groups excluding carboxylic acids is 1. The van der Waals surface area contributed by atoms with Gasteiger partial charge in [0.1, 0.15) is 0 Å². The van der Waals surface area contributed by atoms with Gasteiger partial charge in [0.05, 0.1) is 11.3 Å². The molecule has 4 nitrogen and oxygen atoms in total. The molecule has 0 radical (unpaired) electrons. The molecular formula is C9H14N2O2S. The van der Waals surface area contributed by atoms with E-state index in [0.717, 1.165) is 5.69 Å². The van der Waals surface area contributed by atoms with Gasteiger partial charge in [-0.2, -0.15) is 4.37 Å². The molecule has 1 heterocycles. The van der Waals surface area contributed by atoms with Gasteiger partial charge >= 0.3 is 0 Å². The molecule has 1 aromatic heterocycles. The number of rotatable bonds is 4. The maximum atomic E-state index is 11.5. The summed E-state index contributed by atoms with van der Waals surface area (Å²) in [5.41, 5.74) is 1.38. The number of carbonyl (C=O) groups is 1. The van der Waals surface area contributed by atoms with Gasteiger partial charge in [-0.05, 0) is 24.4 Å². The van der Waals surface area contributed by atoms with Crippen molar-refractivity contribution in [2.45, 2.75) is 13.8 Å². The molecule has 78 valence electrons. The first-order valence-electron chi connectivity index (χ1n) is 4.45. The van der Waals surface area contributed by atoms with Crippen LogP contribution < -0.4 is 5.32 Å². The fourth-order valence-electron chi connectivity index (χ4n) is 0.937. The summed E-state index contributed by atoms with van der Waals surface area (Å²) in [5, 5.41) is 13.2. The van der Waals surface area contributed by atoms with Crippen molar-refractivity contribution in [3.63, 3.8) is 0 Å². The van der Waals surface area contributed by atoms with Crippen LogP contribution in [0.3, 0.4) is 0 Å². The van der Waals surface area contributed by atoms with Crippen LogP contribution in [-0.2, 0) is 0 Å². The molecule has 0 bridgehead atoms. The van der Waals surface area contributed by atoms with Gasteiger partial charge in [0.2, 0.25) is 0 Å². The number of aliphatic hydroxyl groups excluding tert-OH is 1. The Balaban J connectivity index is 2.47. The molecular weight excluding hydrogens is 200 g/mol. The first-order valence-corrected chi connectivity index (χ1v) is 5.28. The van der Waals surface area contributed by atoms with E-state index in [1.807, 2.05) is 6.92 Å². The van der Waals surface area contributed by atoms with E-state index in [1.165, 1.54) is 11.5 Å². The third-order valence-electron chi connectivity index (χ3n) is 1.92. The summed E-state index contributed by atoms with van der Waals surface area (Å²) in [6, 6.07) is 0. The van der Waals surface area contributed by atoms with E-state index in [2.05, 4.69) is 9.69 Å². The smallest absolute Gasteiger partial charge is 0.254 e. The lowest BCUT2D eigenvalue weighted by Gasteiger charge is -2.08. The molecule has 0 spiro atoms. The van der Waals surface area contributed by atoms with E-state index in [1.54, 1.807) is 12.3 Å². The predicted octanol–water partition coefficient (Wildman–Crippen LogP) is 0.810. The zero-order valence-corrected chi connectivity index (χ0v) is 9.10. The minimum absolute atomic E-state index is 0.0845. The Morgan fingerprint density at radius 2 is 2.50 bits per heavy atom. The minimum atomic E-state index is -0.114. The van der Waals surface area contributed by atoms with Crippen molar-refractivity contribution in [2.24, 2.45) is 5.92 Å². The summed E-state index contributed by atoms with van der Waals surface area (Å²) >= 11 is 1.27. The molecule has 1 amide bonds. The number of nitrogens with one attached hydrogen (secondary N) is 1. The van der Waals surface area contributed by atoms with E-state index in [9.17, 15) is 4.79 Å². The molecule has 0 saturated carbocycles. The van der Waals surface area contributed by atoms with Crippen molar-refractivity contribution in [3.05, 3.63) is 16.6 Å². The summed E-state index contributed by atoms with van der Waals surface area (Å²) in [7, 11) is 0.